The van der Waals surface area contributed by atoms with Gasteiger partial charge in [-0.05, 0) is 91.3 Å². The summed E-state index contributed by atoms with van der Waals surface area (Å²) in [7, 11) is 1.63. The lowest BCUT2D eigenvalue weighted by Crippen LogP contribution is -2.62. The number of benzene rings is 1. The summed E-state index contributed by atoms with van der Waals surface area (Å²) in [5.41, 5.74) is 0.884. The van der Waals surface area contributed by atoms with Gasteiger partial charge in [0.05, 0.1) is 18.9 Å². The molecule has 4 fully saturated rings. The van der Waals surface area contributed by atoms with Crippen molar-refractivity contribution >= 4 is 23.7 Å². The Hall–Kier alpha value is -2.62. The van der Waals surface area contributed by atoms with Gasteiger partial charge in [0.2, 0.25) is 11.1 Å². The van der Waals surface area contributed by atoms with Gasteiger partial charge in [0.15, 0.2) is 0 Å². The number of hydrogen-bond acceptors (Lipinski definition) is 7. The Kier molecular flexibility index (Phi) is 6.03. The van der Waals surface area contributed by atoms with Gasteiger partial charge in [-0.15, -0.1) is 5.10 Å². The van der Waals surface area contributed by atoms with Crippen LogP contribution < -0.4 is 15.4 Å². The molecule has 0 spiro atoms. The summed E-state index contributed by atoms with van der Waals surface area (Å²) >= 11 is 1.23. The van der Waals surface area contributed by atoms with Crippen LogP contribution in [0.2, 0.25) is 0 Å². The zero-order valence-corrected chi connectivity index (χ0v) is 19.8. The van der Waals surface area contributed by atoms with E-state index in [9.17, 15) is 9.59 Å². The second kappa shape index (κ2) is 8.96. The van der Waals surface area contributed by atoms with Crippen molar-refractivity contribution in [2.24, 2.45) is 17.8 Å². The fourth-order valence-electron chi connectivity index (χ4n) is 6.24. The molecule has 3 amide bonds. The van der Waals surface area contributed by atoms with Gasteiger partial charge in [-0.2, -0.15) is 0 Å². The van der Waals surface area contributed by atoms with Crippen molar-refractivity contribution in [3.63, 3.8) is 0 Å². The summed E-state index contributed by atoms with van der Waals surface area (Å²) in [6.45, 7) is 2.23. The summed E-state index contributed by atoms with van der Waals surface area (Å²) in [6.07, 6.45) is 7.06. The van der Waals surface area contributed by atoms with E-state index in [1.807, 2.05) is 24.3 Å². The largest absolute Gasteiger partial charge is 0.497 e. The summed E-state index contributed by atoms with van der Waals surface area (Å²) in [5, 5.41) is 17.6. The van der Waals surface area contributed by atoms with Gasteiger partial charge < -0.3 is 10.1 Å². The van der Waals surface area contributed by atoms with E-state index in [1.54, 1.807) is 18.7 Å². The molecule has 6 rings (SSSR count). The topological polar surface area (TPSA) is 111 Å². The first kappa shape index (κ1) is 22.2. The van der Waals surface area contributed by atoms with Crippen LogP contribution in [0.15, 0.2) is 29.4 Å². The number of nitrogens with one attached hydrogen (secondary N) is 2. The van der Waals surface area contributed by atoms with E-state index in [1.165, 1.54) is 31.0 Å². The molecule has 1 atom stereocenters. The van der Waals surface area contributed by atoms with E-state index in [4.69, 9.17) is 4.74 Å². The van der Waals surface area contributed by atoms with E-state index < -0.39 is 5.25 Å². The molecule has 0 radical (unpaired) electrons. The van der Waals surface area contributed by atoms with Gasteiger partial charge in [-0.1, -0.05) is 23.9 Å². The molecule has 10 heteroatoms. The van der Waals surface area contributed by atoms with Crippen LogP contribution in [0.1, 0.15) is 51.0 Å². The van der Waals surface area contributed by atoms with Gasteiger partial charge in [0, 0.05) is 5.54 Å². The molecule has 4 aliphatic rings. The van der Waals surface area contributed by atoms with Crippen molar-refractivity contribution in [1.29, 1.82) is 0 Å². The van der Waals surface area contributed by atoms with E-state index in [2.05, 4.69) is 26.2 Å². The predicted molar refractivity (Wildman–Crippen MR) is 123 cm³/mol. The quantitative estimate of drug-likeness (QED) is 0.599. The fraction of sp³-hybridized carbons (Fsp3) is 0.609. The molecule has 1 aromatic carbocycles. The van der Waals surface area contributed by atoms with Crippen molar-refractivity contribution in [1.82, 2.24) is 30.8 Å². The summed E-state index contributed by atoms with van der Waals surface area (Å²) in [4.78, 5) is 25.4. The van der Waals surface area contributed by atoms with Crippen LogP contribution in [-0.2, 0) is 11.3 Å². The van der Waals surface area contributed by atoms with Crippen LogP contribution in [0.3, 0.4) is 0 Å². The maximum atomic E-state index is 12.7. The second-order valence-electron chi connectivity index (χ2n) is 9.87. The van der Waals surface area contributed by atoms with E-state index >= 15 is 0 Å². The zero-order valence-electron chi connectivity index (χ0n) is 19.0. The Morgan fingerprint density at radius 3 is 2.39 bits per heavy atom. The number of carbonyl (C=O) groups excluding carboxylic acids is 2. The molecule has 1 heterocycles. The average molecular weight is 471 g/mol. The Balaban J connectivity index is 1.15. The molecule has 0 saturated heterocycles. The third-order valence-corrected chi connectivity index (χ3v) is 8.37. The minimum Gasteiger partial charge on any atom is -0.497 e. The first-order valence-electron chi connectivity index (χ1n) is 11.6. The number of hydrogen-bond donors (Lipinski definition) is 2. The van der Waals surface area contributed by atoms with Gasteiger partial charge in [-0.3, -0.25) is 10.1 Å². The number of methoxy groups -OCH3 is 1. The lowest BCUT2D eigenvalue weighted by molar-refractivity contribution is -0.119. The van der Waals surface area contributed by atoms with Gasteiger partial charge in [-0.25, -0.2) is 9.48 Å². The number of imide groups is 1. The first-order chi connectivity index (χ1) is 15.9. The number of urea groups is 1. The molecular formula is C23H30N6O3S. The molecule has 4 saturated carbocycles. The minimum absolute atomic E-state index is 0.127. The molecule has 176 valence electrons. The van der Waals surface area contributed by atoms with Crippen LogP contribution >= 0.6 is 11.8 Å². The van der Waals surface area contributed by atoms with Crippen molar-refractivity contribution in [2.45, 2.75) is 67.9 Å². The molecule has 33 heavy (non-hydrogen) atoms. The Morgan fingerprint density at radius 1 is 1.15 bits per heavy atom. The van der Waals surface area contributed by atoms with Crippen LogP contribution in [-0.4, -0.2) is 50.0 Å². The molecule has 1 aromatic heterocycles. The highest BCUT2D eigenvalue weighted by molar-refractivity contribution is 8.00. The molecule has 2 aromatic rings. The lowest BCUT2D eigenvalue weighted by atomic mass is 9.53. The number of thioether (sulfide) groups is 1. The van der Waals surface area contributed by atoms with Gasteiger partial charge in [0.25, 0.3) is 0 Å². The van der Waals surface area contributed by atoms with E-state index in [-0.39, 0.29) is 17.5 Å². The van der Waals surface area contributed by atoms with Crippen LogP contribution in [0, 0.1) is 17.8 Å². The van der Waals surface area contributed by atoms with Crippen LogP contribution in [0.25, 0.3) is 0 Å². The molecular weight excluding hydrogens is 440 g/mol. The Bertz CT molecular complexity index is 988. The second-order valence-corrected chi connectivity index (χ2v) is 11.2. The number of carbonyl (C=O) groups is 2. The van der Waals surface area contributed by atoms with Crippen LogP contribution in [0.5, 0.6) is 5.75 Å². The number of amides is 3. The third-order valence-electron chi connectivity index (χ3n) is 7.30. The first-order valence-corrected chi connectivity index (χ1v) is 12.5. The average Bonchev–Trinajstić information content (AvgIpc) is 3.19. The van der Waals surface area contributed by atoms with Crippen molar-refractivity contribution < 1.29 is 14.3 Å². The third kappa shape index (κ3) is 4.85. The zero-order chi connectivity index (χ0) is 23.0. The number of aromatic nitrogens is 4. The molecule has 4 aliphatic carbocycles. The molecule has 9 nitrogen and oxygen atoms in total. The standard InChI is InChI=1S/C23H30N6O3S/c1-14(33-22-26-27-28-29(22)13-15-3-5-19(32-2)6-4-15)20(30)24-21(31)25-23-10-16-7-17(11-23)9-18(8-16)12-23/h3-6,14,16-18H,7-13H2,1-2H3,(H2,24,25,30,31). The summed E-state index contributed by atoms with van der Waals surface area (Å²) < 4.78 is 6.83. The maximum Gasteiger partial charge on any atom is 0.321 e. The normalized spacial score (nSPS) is 28.4. The Labute approximate surface area is 197 Å². The molecule has 1 unspecified atom stereocenters. The highest BCUT2D eigenvalue weighted by Gasteiger charge is 2.51. The number of nitrogens with zero attached hydrogens (tertiary/aromatic N) is 4. The van der Waals surface area contributed by atoms with Crippen LogP contribution in [0.4, 0.5) is 4.79 Å². The molecule has 0 aliphatic heterocycles. The smallest absolute Gasteiger partial charge is 0.321 e. The predicted octanol–water partition coefficient (Wildman–Crippen LogP) is 3.01. The van der Waals surface area contributed by atoms with Crippen molar-refractivity contribution in [3.8, 4) is 5.75 Å². The number of ether oxygens (including phenoxy) is 1. The monoisotopic (exact) mass is 470 g/mol. The highest BCUT2D eigenvalue weighted by atomic mass is 32.2. The van der Waals surface area contributed by atoms with E-state index in [0.29, 0.717) is 11.7 Å². The van der Waals surface area contributed by atoms with Crippen molar-refractivity contribution in [2.75, 3.05) is 7.11 Å². The molecule has 2 N–H and O–H groups in total. The number of tetrazole rings is 1. The Morgan fingerprint density at radius 2 is 1.79 bits per heavy atom. The molecule has 4 bridgehead atoms. The maximum absolute atomic E-state index is 12.7. The number of rotatable bonds is 7. The minimum atomic E-state index is -0.521. The highest BCUT2D eigenvalue weighted by Crippen LogP contribution is 2.55. The van der Waals surface area contributed by atoms with Gasteiger partial charge in [0.1, 0.15) is 5.75 Å². The van der Waals surface area contributed by atoms with Gasteiger partial charge >= 0.3 is 6.03 Å². The summed E-state index contributed by atoms with van der Waals surface area (Å²) in [5.74, 6) is 2.62. The van der Waals surface area contributed by atoms with Crippen molar-refractivity contribution in [3.05, 3.63) is 29.8 Å². The lowest BCUT2D eigenvalue weighted by Gasteiger charge is -2.56. The SMILES string of the molecule is COc1ccc(Cn2nnnc2SC(C)C(=O)NC(=O)NC23CC4CC(CC(C4)C2)C3)cc1. The fourth-order valence-corrected chi connectivity index (χ4v) is 7.03. The summed E-state index contributed by atoms with van der Waals surface area (Å²) in [6, 6.07) is 7.27. The van der Waals surface area contributed by atoms with E-state index in [0.717, 1.165) is 48.3 Å².